The largest absolute Gasteiger partial charge is 0.468 e. The van der Waals surface area contributed by atoms with Crippen molar-refractivity contribution in [1.29, 1.82) is 0 Å². The highest BCUT2D eigenvalue weighted by Crippen LogP contribution is 2.35. The number of furan rings is 1. The smallest absolute Gasteiger partial charge is 0.246 e. The van der Waals surface area contributed by atoms with Gasteiger partial charge in [0.15, 0.2) is 0 Å². The first-order valence-corrected chi connectivity index (χ1v) is 9.37. The van der Waals surface area contributed by atoms with E-state index in [4.69, 9.17) is 4.42 Å². The Morgan fingerprint density at radius 2 is 2.24 bits per heavy atom. The van der Waals surface area contributed by atoms with E-state index in [2.05, 4.69) is 4.90 Å². The van der Waals surface area contributed by atoms with E-state index in [1.807, 2.05) is 33.9 Å². The van der Waals surface area contributed by atoms with Gasteiger partial charge in [0.05, 0.1) is 30.6 Å². The number of nitrogens with zero attached hydrogens (tertiary/aromatic N) is 3. The van der Waals surface area contributed by atoms with E-state index in [9.17, 15) is 9.59 Å². The molecule has 2 aliphatic rings. The molecule has 0 aromatic carbocycles. The molecule has 2 aliphatic heterocycles. The molecule has 0 radical (unpaired) electrons. The number of carbonyl (C=O) groups excluding carboxylic acids is 2. The molecule has 132 valence electrons. The number of thiophene rings is 1. The molecule has 2 saturated heterocycles. The van der Waals surface area contributed by atoms with Gasteiger partial charge in [-0.3, -0.25) is 14.5 Å². The van der Waals surface area contributed by atoms with Gasteiger partial charge in [-0.15, -0.1) is 0 Å². The van der Waals surface area contributed by atoms with Crippen molar-refractivity contribution in [3.05, 3.63) is 41.0 Å². The first-order valence-electron chi connectivity index (χ1n) is 8.43. The van der Waals surface area contributed by atoms with Crippen LogP contribution in [0.25, 0.3) is 0 Å². The summed E-state index contributed by atoms with van der Waals surface area (Å²) in [5.41, 5.74) is 0.607. The van der Waals surface area contributed by atoms with Crippen LogP contribution in [0.4, 0.5) is 5.69 Å². The number of amides is 2. The zero-order valence-corrected chi connectivity index (χ0v) is 15.0. The Bertz CT molecular complexity index is 759. The number of carbonyl (C=O) groups is 2. The van der Waals surface area contributed by atoms with Gasteiger partial charge in [-0.05, 0) is 30.0 Å². The Balaban J connectivity index is 1.58. The summed E-state index contributed by atoms with van der Waals surface area (Å²) in [6.07, 6.45) is 2.54. The van der Waals surface area contributed by atoms with Crippen molar-refractivity contribution >= 4 is 28.8 Å². The van der Waals surface area contributed by atoms with Crippen molar-refractivity contribution in [1.82, 2.24) is 9.80 Å². The number of rotatable bonds is 3. The molecule has 1 unspecified atom stereocenters. The minimum Gasteiger partial charge on any atom is -0.468 e. The maximum Gasteiger partial charge on any atom is 0.246 e. The van der Waals surface area contributed by atoms with Crippen LogP contribution in [0.3, 0.4) is 0 Å². The van der Waals surface area contributed by atoms with E-state index >= 15 is 0 Å². The number of hydrogen-bond acceptors (Lipinski definition) is 5. The van der Waals surface area contributed by atoms with Crippen LogP contribution in [-0.4, -0.2) is 53.3 Å². The molecular formula is C18H21N3O3S. The zero-order valence-electron chi connectivity index (χ0n) is 14.2. The third-order valence-corrected chi connectivity index (χ3v) is 5.86. The SMILES string of the molecule is CC(=O)N1CC(=O)N(c2ccsc2)CC12CCN(Cc1ccco1)C2. The molecule has 6 nitrogen and oxygen atoms in total. The molecule has 0 bridgehead atoms. The van der Waals surface area contributed by atoms with Crippen molar-refractivity contribution in [2.75, 3.05) is 31.1 Å². The van der Waals surface area contributed by atoms with Gasteiger partial charge in [-0.1, -0.05) is 0 Å². The molecule has 2 aromatic heterocycles. The third-order valence-electron chi connectivity index (χ3n) is 5.19. The second kappa shape index (κ2) is 6.31. The second-order valence-corrected chi connectivity index (χ2v) is 7.61. The Kier molecular flexibility index (Phi) is 4.13. The van der Waals surface area contributed by atoms with Gasteiger partial charge in [0.25, 0.3) is 0 Å². The highest BCUT2D eigenvalue weighted by atomic mass is 32.1. The highest BCUT2D eigenvalue weighted by molar-refractivity contribution is 7.08. The lowest BCUT2D eigenvalue weighted by Gasteiger charge is -2.48. The van der Waals surface area contributed by atoms with Gasteiger partial charge in [0.1, 0.15) is 12.3 Å². The summed E-state index contributed by atoms with van der Waals surface area (Å²) < 4.78 is 5.46. The van der Waals surface area contributed by atoms with Gasteiger partial charge < -0.3 is 14.2 Å². The summed E-state index contributed by atoms with van der Waals surface area (Å²) in [6.45, 7) is 4.63. The summed E-state index contributed by atoms with van der Waals surface area (Å²) in [7, 11) is 0. The molecule has 25 heavy (non-hydrogen) atoms. The summed E-state index contributed by atoms with van der Waals surface area (Å²) in [6, 6.07) is 5.83. The zero-order chi connectivity index (χ0) is 17.4. The minimum absolute atomic E-state index is 0.0105. The van der Waals surface area contributed by atoms with Crippen LogP contribution in [0.2, 0.25) is 0 Å². The van der Waals surface area contributed by atoms with E-state index < -0.39 is 0 Å². The summed E-state index contributed by atoms with van der Waals surface area (Å²) in [5.74, 6) is 0.884. The molecule has 2 amide bonds. The second-order valence-electron chi connectivity index (χ2n) is 6.83. The minimum atomic E-state index is -0.325. The van der Waals surface area contributed by atoms with E-state index in [0.29, 0.717) is 6.54 Å². The highest BCUT2D eigenvalue weighted by Gasteiger charge is 2.50. The lowest BCUT2D eigenvalue weighted by atomic mass is 9.92. The molecule has 2 fully saturated rings. The van der Waals surface area contributed by atoms with Gasteiger partial charge in [-0.25, -0.2) is 0 Å². The standard InChI is InChI=1S/C18H21N3O3S/c1-14(22)21-10-17(23)20(15-4-8-25-11-15)13-18(21)5-6-19(12-18)9-16-3-2-7-24-16/h2-4,7-8,11H,5-6,9-10,12-13H2,1H3. The van der Waals surface area contributed by atoms with Crippen LogP contribution in [0.1, 0.15) is 19.1 Å². The van der Waals surface area contributed by atoms with Crippen LogP contribution in [0.15, 0.2) is 39.6 Å². The fraction of sp³-hybridized carbons (Fsp3) is 0.444. The van der Waals surface area contributed by atoms with Crippen LogP contribution in [0.5, 0.6) is 0 Å². The van der Waals surface area contributed by atoms with Crippen LogP contribution < -0.4 is 4.90 Å². The van der Waals surface area contributed by atoms with Crippen molar-refractivity contribution in [3.8, 4) is 0 Å². The third kappa shape index (κ3) is 2.98. The molecule has 0 saturated carbocycles. The Morgan fingerprint density at radius 3 is 2.92 bits per heavy atom. The monoisotopic (exact) mass is 359 g/mol. The maximum absolute atomic E-state index is 12.6. The van der Waals surface area contributed by atoms with Crippen molar-refractivity contribution in [2.45, 2.75) is 25.4 Å². The fourth-order valence-corrected chi connectivity index (χ4v) is 4.64. The average molecular weight is 359 g/mol. The summed E-state index contributed by atoms with van der Waals surface area (Å²) >= 11 is 1.58. The van der Waals surface area contributed by atoms with Crippen molar-refractivity contribution in [2.24, 2.45) is 0 Å². The topological polar surface area (TPSA) is 57.0 Å². The van der Waals surface area contributed by atoms with Crippen molar-refractivity contribution in [3.63, 3.8) is 0 Å². The first-order chi connectivity index (χ1) is 12.1. The van der Waals surface area contributed by atoms with Crippen LogP contribution in [-0.2, 0) is 16.1 Å². The Labute approximate surface area is 150 Å². The number of hydrogen-bond donors (Lipinski definition) is 0. The van der Waals surface area contributed by atoms with Gasteiger partial charge >= 0.3 is 0 Å². The molecule has 4 rings (SSSR count). The van der Waals surface area contributed by atoms with Gasteiger partial charge in [0.2, 0.25) is 11.8 Å². The molecule has 4 heterocycles. The molecule has 2 aromatic rings. The van der Waals surface area contributed by atoms with Crippen molar-refractivity contribution < 1.29 is 14.0 Å². The molecule has 0 aliphatic carbocycles. The lowest BCUT2D eigenvalue weighted by molar-refractivity contribution is -0.142. The Hall–Kier alpha value is -2.12. The number of anilines is 1. The first kappa shape index (κ1) is 16.4. The lowest BCUT2D eigenvalue weighted by Crippen LogP contribution is -2.66. The van der Waals surface area contributed by atoms with E-state index in [0.717, 1.165) is 37.5 Å². The van der Waals surface area contributed by atoms with E-state index in [-0.39, 0.29) is 23.9 Å². The molecule has 1 atom stereocenters. The van der Waals surface area contributed by atoms with E-state index in [1.165, 1.54) is 0 Å². The normalized spacial score (nSPS) is 24.4. The molecule has 1 spiro atoms. The van der Waals surface area contributed by atoms with Gasteiger partial charge in [-0.2, -0.15) is 11.3 Å². The molecule has 0 N–H and O–H groups in total. The molecular weight excluding hydrogens is 338 g/mol. The average Bonchev–Trinajstić information content (AvgIpc) is 3.33. The maximum atomic E-state index is 12.6. The van der Waals surface area contributed by atoms with E-state index in [1.54, 1.807) is 29.4 Å². The number of piperazine rings is 1. The van der Waals surface area contributed by atoms with Gasteiger partial charge in [0, 0.05) is 25.4 Å². The predicted octanol–water partition coefficient (Wildman–Crippen LogP) is 2.18. The van der Waals surface area contributed by atoms with Crippen LogP contribution in [0, 0.1) is 0 Å². The predicted molar refractivity (Wildman–Crippen MR) is 95.4 cm³/mol. The number of likely N-dealkylation sites (tertiary alicyclic amines) is 1. The van der Waals surface area contributed by atoms with Crippen LogP contribution >= 0.6 is 11.3 Å². The summed E-state index contributed by atoms with van der Waals surface area (Å²) in [4.78, 5) is 30.8. The fourth-order valence-electron chi connectivity index (χ4n) is 4.00. The quantitative estimate of drug-likeness (QED) is 0.843. The Morgan fingerprint density at radius 1 is 1.36 bits per heavy atom. The molecule has 7 heteroatoms. The summed E-state index contributed by atoms with van der Waals surface area (Å²) in [5, 5.41) is 3.97.